The number of fused-ring (bicyclic) bond motifs is 1. The molecule has 184 valence electrons. The summed E-state index contributed by atoms with van der Waals surface area (Å²) in [5.41, 5.74) is 0.303. The molecule has 2 aliphatic heterocycles. The van der Waals surface area contributed by atoms with E-state index in [0.29, 0.717) is 30.5 Å². The van der Waals surface area contributed by atoms with Crippen LogP contribution in [-0.2, 0) is 28.9 Å². The highest BCUT2D eigenvalue weighted by Gasteiger charge is 2.33. The molecule has 8 nitrogen and oxygen atoms in total. The molecule has 4 rings (SSSR count). The second kappa shape index (κ2) is 8.94. The molecular weight excluding hydrogens is 453 g/mol. The zero-order valence-corrected chi connectivity index (χ0v) is 19.2. The van der Waals surface area contributed by atoms with Gasteiger partial charge in [0.15, 0.2) is 5.82 Å². The number of aromatic nitrogens is 2. The number of piperidine rings is 1. The summed E-state index contributed by atoms with van der Waals surface area (Å²) in [6, 6.07) is 2.69. The van der Waals surface area contributed by atoms with E-state index in [4.69, 9.17) is 9.47 Å². The smallest absolute Gasteiger partial charge is 0.416 e. The lowest BCUT2D eigenvalue weighted by molar-refractivity contribution is -0.137. The maximum absolute atomic E-state index is 13.0. The lowest BCUT2D eigenvalue weighted by Gasteiger charge is -2.34. The topological polar surface area (TPSA) is 96.8 Å². The molecule has 1 aromatic carbocycles. The minimum absolute atomic E-state index is 0.0782. The Morgan fingerprint density at radius 2 is 1.94 bits per heavy atom. The zero-order valence-electron chi connectivity index (χ0n) is 19.2. The Labute approximate surface area is 195 Å². The fourth-order valence-corrected chi connectivity index (χ4v) is 4.09. The van der Waals surface area contributed by atoms with Gasteiger partial charge in [-0.05, 0) is 51.8 Å². The first-order chi connectivity index (χ1) is 15.9. The third-order valence-corrected chi connectivity index (χ3v) is 5.67. The van der Waals surface area contributed by atoms with Crippen LogP contribution in [0.5, 0.6) is 5.75 Å². The molecular formula is C23H27F3N4O4. The molecule has 1 atom stereocenters. The highest BCUT2D eigenvalue weighted by Crippen LogP contribution is 2.39. The van der Waals surface area contributed by atoms with Crippen LogP contribution in [0.2, 0.25) is 0 Å². The fourth-order valence-electron chi connectivity index (χ4n) is 4.09. The van der Waals surface area contributed by atoms with Gasteiger partial charge < -0.3 is 24.8 Å². The average molecular weight is 480 g/mol. The van der Waals surface area contributed by atoms with Crippen molar-refractivity contribution in [3.05, 3.63) is 34.9 Å². The maximum Gasteiger partial charge on any atom is 0.416 e. The number of rotatable bonds is 3. The molecule has 1 aromatic heterocycles. The molecule has 34 heavy (non-hydrogen) atoms. The third kappa shape index (κ3) is 5.19. The van der Waals surface area contributed by atoms with E-state index in [1.807, 2.05) is 20.8 Å². The van der Waals surface area contributed by atoms with Gasteiger partial charge in [0.1, 0.15) is 17.0 Å². The Morgan fingerprint density at radius 1 is 1.21 bits per heavy atom. The van der Waals surface area contributed by atoms with Gasteiger partial charge in [0.2, 0.25) is 0 Å². The number of hydrogen-bond acceptors (Lipinski definition) is 7. The van der Waals surface area contributed by atoms with Crippen molar-refractivity contribution in [1.82, 2.24) is 15.1 Å². The number of hydrogen-bond donors (Lipinski definition) is 2. The van der Waals surface area contributed by atoms with E-state index in [9.17, 15) is 23.1 Å². The number of carbonyl (C=O) groups is 1. The number of alkyl halides is 3. The second-order valence-corrected chi connectivity index (χ2v) is 9.49. The van der Waals surface area contributed by atoms with Crippen LogP contribution in [-0.4, -0.2) is 51.0 Å². The number of benzene rings is 1. The van der Waals surface area contributed by atoms with Crippen LogP contribution in [0.25, 0.3) is 11.3 Å². The predicted octanol–water partition coefficient (Wildman–Crippen LogP) is 4.71. The van der Waals surface area contributed by atoms with Crippen LogP contribution in [0, 0.1) is 0 Å². The largest absolute Gasteiger partial charge is 0.507 e. The molecule has 1 fully saturated rings. The van der Waals surface area contributed by atoms with E-state index < -0.39 is 23.1 Å². The summed E-state index contributed by atoms with van der Waals surface area (Å²) < 4.78 is 49.9. The van der Waals surface area contributed by atoms with Crippen molar-refractivity contribution in [2.75, 3.05) is 18.4 Å². The van der Waals surface area contributed by atoms with Gasteiger partial charge in [0.05, 0.1) is 18.8 Å². The number of phenols is 1. The number of carbonyl (C=O) groups excluding carboxylic acids is 1. The monoisotopic (exact) mass is 480 g/mol. The average Bonchev–Trinajstić information content (AvgIpc) is 3.23. The van der Waals surface area contributed by atoms with Gasteiger partial charge in [0.25, 0.3) is 0 Å². The van der Waals surface area contributed by atoms with Crippen LogP contribution < -0.4 is 5.32 Å². The fraction of sp³-hybridized carbons (Fsp3) is 0.522. The highest BCUT2D eigenvalue weighted by atomic mass is 19.4. The summed E-state index contributed by atoms with van der Waals surface area (Å²) in [4.78, 5) is 14.1. The number of nitrogens with zero attached hydrogens (tertiary/aromatic N) is 3. The third-order valence-electron chi connectivity index (χ3n) is 5.67. The molecule has 0 saturated carbocycles. The standard InChI is InChI=1S/C23H27F3N4O4/c1-22(2,3)34-21(32)30-8-4-5-14(10-30)27-20-17-12-33-11-16(17)19(28-29-20)15-7-6-13(9-18(15)31)23(24,25)26/h6-7,9,14,31H,4-5,8,10-12H2,1-3H3,(H,27,29)/t14-/m1/s1. The Kier molecular flexibility index (Phi) is 6.32. The van der Waals surface area contributed by atoms with Crippen LogP contribution in [0.1, 0.15) is 50.3 Å². The normalized spacial score (nSPS) is 18.5. The van der Waals surface area contributed by atoms with E-state index in [1.54, 1.807) is 4.90 Å². The number of aromatic hydroxyl groups is 1. The number of ether oxygens (including phenoxy) is 2. The van der Waals surface area contributed by atoms with Gasteiger partial charge in [-0.3, -0.25) is 0 Å². The van der Waals surface area contributed by atoms with Gasteiger partial charge >= 0.3 is 12.3 Å². The van der Waals surface area contributed by atoms with E-state index in [0.717, 1.165) is 24.5 Å². The van der Waals surface area contributed by atoms with E-state index in [-0.39, 0.29) is 36.6 Å². The van der Waals surface area contributed by atoms with Crippen LogP contribution >= 0.6 is 0 Å². The number of likely N-dealkylation sites (tertiary alicyclic amines) is 1. The van der Waals surface area contributed by atoms with Gasteiger partial charge in [-0.2, -0.15) is 13.2 Å². The van der Waals surface area contributed by atoms with Crippen molar-refractivity contribution in [3.8, 4) is 17.0 Å². The molecule has 0 aliphatic carbocycles. The van der Waals surface area contributed by atoms with Crippen molar-refractivity contribution in [1.29, 1.82) is 0 Å². The summed E-state index contributed by atoms with van der Waals surface area (Å²) >= 11 is 0. The minimum atomic E-state index is -4.56. The van der Waals surface area contributed by atoms with Crippen molar-refractivity contribution in [2.45, 2.75) is 64.6 Å². The molecule has 0 unspecified atom stereocenters. The summed E-state index contributed by atoms with van der Waals surface area (Å²) in [6.07, 6.45) is -3.32. The van der Waals surface area contributed by atoms with Gasteiger partial charge in [-0.15, -0.1) is 10.2 Å². The first-order valence-corrected chi connectivity index (χ1v) is 11.0. The molecule has 2 N–H and O–H groups in total. The number of halogens is 3. The quantitative estimate of drug-likeness (QED) is 0.657. The van der Waals surface area contributed by atoms with Crippen LogP contribution in [0.15, 0.2) is 18.2 Å². The van der Waals surface area contributed by atoms with Crippen molar-refractivity contribution in [2.24, 2.45) is 0 Å². The van der Waals surface area contributed by atoms with E-state index in [2.05, 4.69) is 15.5 Å². The van der Waals surface area contributed by atoms with Crippen molar-refractivity contribution in [3.63, 3.8) is 0 Å². The Hall–Kier alpha value is -3.08. The highest BCUT2D eigenvalue weighted by molar-refractivity contribution is 5.73. The lowest BCUT2D eigenvalue weighted by atomic mass is 10.0. The summed E-state index contributed by atoms with van der Waals surface area (Å²) in [7, 11) is 0. The molecule has 2 aromatic rings. The molecule has 0 radical (unpaired) electrons. The molecule has 0 bridgehead atoms. The Balaban J connectivity index is 1.55. The first kappa shape index (κ1) is 24.1. The molecule has 0 spiro atoms. The van der Waals surface area contributed by atoms with Gasteiger partial charge in [-0.25, -0.2) is 4.79 Å². The van der Waals surface area contributed by atoms with Gasteiger partial charge in [0, 0.05) is 35.8 Å². The molecule has 1 amide bonds. The predicted molar refractivity (Wildman–Crippen MR) is 117 cm³/mol. The Bertz CT molecular complexity index is 1090. The van der Waals surface area contributed by atoms with Crippen molar-refractivity contribution < 1.29 is 32.5 Å². The summed E-state index contributed by atoms with van der Waals surface area (Å²) in [6.45, 7) is 6.95. The minimum Gasteiger partial charge on any atom is -0.507 e. The molecule has 1 saturated heterocycles. The zero-order chi connectivity index (χ0) is 24.7. The SMILES string of the molecule is CC(C)(C)OC(=O)N1CCC[C@@H](Nc2nnc(-c3ccc(C(F)(F)F)cc3O)c3c2COC3)C1. The molecule has 3 heterocycles. The van der Waals surface area contributed by atoms with Crippen LogP contribution in [0.3, 0.4) is 0 Å². The van der Waals surface area contributed by atoms with Gasteiger partial charge in [-0.1, -0.05) is 0 Å². The van der Waals surface area contributed by atoms with E-state index in [1.165, 1.54) is 6.07 Å². The molecule has 11 heteroatoms. The second-order valence-electron chi connectivity index (χ2n) is 9.49. The number of nitrogens with one attached hydrogen (secondary N) is 1. The Morgan fingerprint density at radius 3 is 2.62 bits per heavy atom. The van der Waals surface area contributed by atoms with E-state index >= 15 is 0 Å². The number of amides is 1. The van der Waals surface area contributed by atoms with Crippen LogP contribution in [0.4, 0.5) is 23.8 Å². The lowest BCUT2D eigenvalue weighted by Crippen LogP contribution is -2.47. The van der Waals surface area contributed by atoms with Crippen molar-refractivity contribution >= 4 is 11.9 Å². The maximum atomic E-state index is 13.0. The number of phenolic OH excluding ortho intramolecular Hbond substituents is 1. The molecule has 2 aliphatic rings. The number of anilines is 1. The summed E-state index contributed by atoms with van der Waals surface area (Å²) in [5.74, 6) is -0.0297. The summed E-state index contributed by atoms with van der Waals surface area (Å²) in [5, 5.41) is 22.1. The first-order valence-electron chi connectivity index (χ1n) is 11.0.